The number of nitrogens with one attached hydrogen (secondary N) is 1. The number of amides is 1. The van der Waals surface area contributed by atoms with E-state index < -0.39 is 5.97 Å². The van der Waals surface area contributed by atoms with Crippen LogP contribution >= 0.6 is 11.6 Å². The summed E-state index contributed by atoms with van der Waals surface area (Å²) >= 11 is 6.11. The predicted octanol–water partition coefficient (Wildman–Crippen LogP) is 5.24. The Morgan fingerprint density at radius 2 is 1.79 bits per heavy atom. The molecule has 0 aromatic heterocycles. The van der Waals surface area contributed by atoms with E-state index in [9.17, 15) is 9.59 Å². The van der Waals surface area contributed by atoms with Crippen LogP contribution in [0.4, 0.5) is 0 Å². The molecule has 1 aliphatic rings. The zero-order valence-corrected chi connectivity index (χ0v) is 16.5. The Labute approximate surface area is 169 Å². The fourth-order valence-electron chi connectivity index (χ4n) is 3.42. The molecule has 5 nitrogen and oxygen atoms in total. The van der Waals surface area contributed by atoms with Crippen molar-refractivity contribution >= 4 is 23.5 Å². The Bertz CT molecular complexity index is 844. The van der Waals surface area contributed by atoms with E-state index in [-0.39, 0.29) is 23.6 Å². The normalized spacial score (nSPS) is 15.6. The summed E-state index contributed by atoms with van der Waals surface area (Å²) in [5.41, 5.74) is 1.43. The first kappa shape index (κ1) is 20.2. The summed E-state index contributed by atoms with van der Waals surface area (Å²) in [6.45, 7) is 1.85. The molecule has 0 saturated heterocycles. The summed E-state index contributed by atoms with van der Waals surface area (Å²) < 4.78 is 6.11. The molecule has 1 aliphatic carbocycles. The van der Waals surface area contributed by atoms with Gasteiger partial charge in [-0.3, -0.25) is 4.79 Å². The van der Waals surface area contributed by atoms with Gasteiger partial charge < -0.3 is 15.2 Å². The van der Waals surface area contributed by atoms with Gasteiger partial charge in [0.1, 0.15) is 5.75 Å². The molecule has 6 heteroatoms. The molecule has 0 spiro atoms. The fraction of sp³-hybridized carbons (Fsp3) is 0.364. The van der Waals surface area contributed by atoms with Gasteiger partial charge in [0.25, 0.3) is 5.91 Å². The second kappa shape index (κ2) is 9.11. The maximum atomic E-state index is 12.9. The number of benzene rings is 2. The van der Waals surface area contributed by atoms with Gasteiger partial charge in [-0.25, -0.2) is 4.79 Å². The standard InChI is InChI=1S/C22H24ClNO4/c1-14(15-7-9-16(10-8-15)22(26)27)24-21(25)19-13-17(23)11-12-20(19)28-18-5-3-2-4-6-18/h7-14,18H,2-6H2,1H3,(H,24,25)(H,26,27). The lowest BCUT2D eigenvalue weighted by molar-refractivity contribution is 0.0696. The Morgan fingerprint density at radius 1 is 1.11 bits per heavy atom. The monoisotopic (exact) mass is 401 g/mol. The van der Waals surface area contributed by atoms with E-state index in [0.717, 1.165) is 31.2 Å². The quantitative estimate of drug-likeness (QED) is 0.693. The van der Waals surface area contributed by atoms with Crippen molar-refractivity contribution in [3.8, 4) is 5.75 Å². The number of aromatic carboxylic acids is 1. The SMILES string of the molecule is CC(NC(=O)c1cc(Cl)ccc1OC1CCCCC1)c1ccc(C(=O)O)cc1. The van der Waals surface area contributed by atoms with Gasteiger partial charge in [-0.05, 0) is 68.5 Å². The Kier molecular flexibility index (Phi) is 6.57. The summed E-state index contributed by atoms with van der Waals surface area (Å²) in [6.07, 6.45) is 5.63. The number of carbonyl (C=O) groups excluding carboxylic acids is 1. The van der Waals surface area contributed by atoms with Crippen LogP contribution in [0.25, 0.3) is 0 Å². The van der Waals surface area contributed by atoms with Crippen molar-refractivity contribution in [2.45, 2.75) is 51.2 Å². The summed E-state index contributed by atoms with van der Waals surface area (Å²) in [6, 6.07) is 11.3. The number of hydrogen-bond donors (Lipinski definition) is 2. The highest BCUT2D eigenvalue weighted by molar-refractivity contribution is 6.31. The maximum Gasteiger partial charge on any atom is 0.335 e. The van der Waals surface area contributed by atoms with Crippen LogP contribution < -0.4 is 10.1 Å². The van der Waals surface area contributed by atoms with Crippen LogP contribution in [0, 0.1) is 0 Å². The molecule has 2 aromatic rings. The topological polar surface area (TPSA) is 75.6 Å². The zero-order valence-electron chi connectivity index (χ0n) is 15.8. The molecule has 0 aliphatic heterocycles. The molecule has 0 radical (unpaired) electrons. The van der Waals surface area contributed by atoms with E-state index in [1.54, 1.807) is 30.3 Å². The second-order valence-electron chi connectivity index (χ2n) is 7.14. The number of rotatable bonds is 6. The summed E-state index contributed by atoms with van der Waals surface area (Å²) in [4.78, 5) is 23.9. The van der Waals surface area contributed by atoms with E-state index in [1.807, 2.05) is 6.92 Å². The largest absolute Gasteiger partial charge is 0.490 e. The van der Waals surface area contributed by atoms with Gasteiger partial charge in [0.15, 0.2) is 0 Å². The average Bonchev–Trinajstić information content (AvgIpc) is 2.70. The van der Waals surface area contributed by atoms with Crippen molar-refractivity contribution in [2.24, 2.45) is 0 Å². The number of carbonyl (C=O) groups is 2. The molecule has 0 heterocycles. The van der Waals surface area contributed by atoms with Crippen LogP contribution in [0.15, 0.2) is 42.5 Å². The smallest absolute Gasteiger partial charge is 0.335 e. The van der Waals surface area contributed by atoms with Crippen LogP contribution in [-0.2, 0) is 0 Å². The third kappa shape index (κ3) is 5.04. The summed E-state index contributed by atoms with van der Waals surface area (Å²) in [5.74, 6) is -0.711. The molecule has 2 N–H and O–H groups in total. The third-order valence-electron chi connectivity index (χ3n) is 5.04. The van der Waals surface area contributed by atoms with Crippen LogP contribution in [-0.4, -0.2) is 23.1 Å². The average molecular weight is 402 g/mol. The molecule has 1 fully saturated rings. The van der Waals surface area contributed by atoms with Crippen LogP contribution in [0.1, 0.15) is 71.3 Å². The van der Waals surface area contributed by atoms with E-state index in [4.69, 9.17) is 21.4 Å². The maximum absolute atomic E-state index is 12.9. The molecule has 1 saturated carbocycles. The minimum absolute atomic E-state index is 0.127. The first-order chi connectivity index (χ1) is 13.4. The van der Waals surface area contributed by atoms with Gasteiger partial charge in [0, 0.05) is 5.02 Å². The lowest BCUT2D eigenvalue weighted by Gasteiger charge is -2.24. The third-order valence-corrected chi connectivity index (χ3v) is 5.27. The molecular formula is C22H24ClNO4. The Morgan fingerprint density at radius 3 is 2.43 bits per heavy atom. The molecular weight excluding hydrogens is 378 g/mol. The summed E-state index contributed by atoms with van der Waals surface area (Å²) in [7, 11) is 0. The first-order valence-electron chi connectivity index (χ1n) is 9.54. The van der Waals surface area contributed by atoms with Crippen molar-refractivity contribution in [2.75, 3.05) is 0 Å². The molecule has 1 unspecified atom stereocenters. The lowest BCUT2D eigenvalue weighted by atomic mass is 9.97. The van der Waals surface area contributed by atoms with Crippen molar-refractivity contribution in [3.63, 3.8) is 0 Å². The Balaban J connectivity index is 1.73. The van der Waals surface area contributed by atoms with E-state index in [2.05, 4.69) is 5.32 Å². The minimum Gasteiger partial charge on any atom is -0.490 e. The van der Waals surface area contributed by atoms with Gasteiger partial charge in [-0.1, -0.05) is 30.2 Å². The van der Waals surface area contributed by atoms with Crippen molar-refractivity contribution in [1.82, 2.24) is 5.32 Å². The van der Waals surface area contributed by atoms with Gasteiger partial charge in [0.05, 0.1) is 23.3 Å². The van der Waals surface area contributed by atoms with Gasteiger partial charge >= 0.3 is 5.97 Å². The van der Waals surface area contributed by atoms with E-state index >= 15 is 0 Å². The number of carboxylic acids is 1. The highest BCUT2D eigenvalue weighted by atomic mass is 35.5. The highest BCUT2D eigenvalue weighted by Gasteiger charge is 2.21. The summed E-state index contributed by atoms with van der Waals surface area (Å²) in [5, 5.41) is 12.4. The second-order valence-corrected chi connectivity index (χ2v) is 7.58. The van der Waals surface area contributed by atoms with Crippen molar-refractivity contribution < 1.29 is 19.4 Å². The number of halogens is 1. The van der Waals surface area contributed by atoms with Crippen LogP contribution in [0.2, 0.25) is 5.02 Å². The van der Waals surface area contributed by atoms with Crippen molar-refractivity contribution in [1.29, 1.82) is 0 Å². The number of carboxylic acid groups (broad SMARTS) is 1. The zero-order chi connectivity index (χ0) is 20.1. The molecule has 2 aromatic carbocycles. The molecule has 148 valence electrons. The number of hydrogen-bond acceptors (Lipinski definition) is 3. The van der Waals surface area contributed by atoms with Gasteiger partial charge in [-0.15, -0.1) is 0 Å². The number of ether oxygens (including phenoxy) is 1. The first-order valence-corrected chi connectivity index (χ1v) is 9.92. The molecule has 1 atom stereocenters. The minimum atomic E-state index is -0.980. The van der Waals surface area contributed by atoms with Gasteiger partial charge in [0.2, 0.25) is 0 Å². The fourth-order valence-corrected chi connectivity index (χ4v) is 3.59. The van der Waals surface area contributed by atoms with Crippen molar-refractivity contribution in [3.05, 3.63) is 64.2 Å². The predicted molar refractivity (Wildman–Crippen MR) is 108 cm³/mol. The molecule has 3 rings (SSSR count). The van der Waals surface area contributed by atoms with Crippen LogP contribution in [0.3, 0.4) is 0 Å². The van der Waals surface area contributed by atoms with Crippen LogP contribution in [0.5, 0.6) is 5.75 Å². The van der Waals surface area contributed by atoms with Gasteiger partial charge in [-0.2, -0.15) is 0 Å². The highest BCUT2D eigenvalue weighted by Crippen LogP contribution is 2.28. The molecule has 28 heavy (non-hydrogen) atoms. The molecule has 0 bridgehead atoms. The van der Waals surface area contributed by atoms with E-state index in [0.29, 0.717) is 16.3 Å². The Hall–Kier alpha value is -2.53. The lowest BCUT2D eigenvalue weighted by Crippen LogP contribution is -2.28. The van der Waals surface area contributed by atoms with E-state index in [1.165, 1.54) is 18.6 Å². The molecule has 1 amide bonds.